The van der Waals surface area contributed by atoms with E-state index in [0.29, 0.717) is 0 Å². The summed E-state index contributed by atoms with van der Waals surface area (Å²) in [5.41, 5.74) is 3.56. The molecule has 0 saturated carbocycles. The molecule has 86 valence electrons. The summed E-state index contributed by atoms with van der Waals surface area (Å²) in [5.74, 6) is 0. The van der Waals surface area contributed by atoms with Crippen molar-refractivity contribution >= 4 is 0 Å². The van der Waals surface area contributed by atoms with Crippen molar-refractivity contribution in [3.05, 3.63) is 47.0 Å². The van der Waals surface area contributed by atoms with Crippen LogP contribution in [0.15, 0.2) is 35.9 Å². The van der Waals surface area contributed by atoms with Crippen molar-refractivity contribution in [2.24, 2.45) is 0 Å². The lowest BCUT2D eigenvalue weighted by molar-refractivity contribution is 0.208. The maximum Gasteiger partial charge on any atom is 0.100 e. The average Bonchev–Trinajstić information content (AvgIpc) is 2.39. The van der Waals surface area contributed by atoms with E-state index in [4.69, 9.17) is 0 Å². The Balaban J connectivity index is 2.13. The summed E-state index contributed by atoms with van der Waals surface area (Å²) < 4.78 is 0. The molecule has 0 bridgehead atoms. The normalized spacial score (nSPS) is 18.0. The average molecular weight is 216 g/mol. The predicted molar refractivity (Wildman–Crippen MR) is 67.3 cm³/mol. The highest BCUT2D eigenvalue weighted by Gasteiger charge is 2.14. The summed E-state index contributed by atoms with van der Waals surface area (Å²) in [6.45, 7) is 2.15. The third kappa shape index (κ3) is 2.53. The van der Waals surface area contributed by atoms with Crippen LogP contribution in [-0.2, 0) is 6.42 Å². The zero-order valence-electron chi connectivity index (χ0n) is 9.95. The topological polar surface area (TPSA) is 20.2 Å². The minimum absolute atomic E-state index is 0.383. The lowest BCUT2D eigenvalue weighted by atomic mass is 9.91. The molecule has 0 heterocycles. The fourth-order valence-electron chi connectivity index (χ4n) is 2.26. The maximum atomic E-state index is 10.2. The van der Waals surface area contributed by atoms with Gasteiger partial charge in [-0.15, -0.1) is 0 Å². The van der Waals surface area contributed by atoms with Gasteiger partial charge in [-0.25, -0.2) is 0 Å². The zero-order valence-corrected chi connectivity index (χ0v) is 9.95. The molecule has 1 aromatic rings. The molecule has 0 spiro atoms. The fraction of sp³-hybridized carbons (Fsp3) is 0.467. The van der Waals surface area contributed by atoms with Crippen LogP contribution in [0.4, 0.5) is 0 Å². The number of aliphatic hydroxyl groups excluding tert-OH is 1. The molecule has 1 nitrogen and oxygen atoms in total. The van der Waals surface area contributed by atoms with Crippen molar-refractivity contribution in [2.45, 2.75) is 45.1 Å². The molecule has 1 N–H and O–H groups in total. The molecular weight excluding hydrogens is 196 g/mol. The predicted octanol–water partition coefficient (Wildman–Crippen LogP) is 3.78. The van der Waals surface area contributed by atoms with Crippen LogP contribution in [0.25, 0.3) is 0 Å². The van der Waals surface area contributed by atoms with Gasteiger partial charge in [-0.3, -0.25) is 0 Å². The largest absolute Gasteiger partial charge is 0.384 e. The second kappa shape index (κ2) is 5.31. The van der Waals surface area contributed by atoms with E-state index in [0.717, 1.165) is 24.8 Å². The molecule has 16 heavy (non-hydrogen) atoms. The Labute approximate surface area is 97.8 Å². The Morgan fingerprint density at radius 1 is 1.19 bits per heavy atom. The summed E-state index contributed by atoms with van der Waals surface area (Å²) in [4.78, 5) is 0. The number of aryl methyl sites for hydroxylation is 1. The van der Waals surface area contributed by atoms with Gasteiger partial charge in [-0.05, 0) is 48.8 Å². The summed E-state index contributed by atoms with van der Waals surface area (Å²) >= 11 is 0. The van der Waals surface area contributed by atoms with Crippen molar-refractivity contribution in [3.63, 3.8) is 0 Å². The Morgan fingerprint density at radius 3 is 2.50 bits per heavy atom. The molecule has 1 aliphatic rings. The number of aliphatic hydroxyl groups is 1. The highest BCUT2D eigenvalue weighted by molar-refractivity contribution is 5.29. The third-order valence-corrected chi connectivity index (χ3v) is 3.38. The smallest absolute Gasteiger partial charge is 0.100 e. The van der Waals surface area contributed by atoms with E-state index in [9.17, 15) is 5.11 Å². The molecule has 0 amide bonds. The maximum absolute atomic E-state index is 10.2. The first-order chi connectivity index (χ1) is 7.81. The molecule has 1 aromatic carbocycles. The molecule has 0 radical (unpaired) electrons. The Bertz CT molecular complexity index is 362. The minimum Gasteiger partial charge on any atom is -0.384 e. The van der Waals surface area contributed by atoms with Gasteiger partial charge in [0, 0.05) is 0 Å². The molecular formula is C15H20O. The van der Waals surface area contributed by atoms with Crippen molar-refractivity contribution in [2.75, 3.05) is 0 Å². The van der Waals surface area contributed by atoms with Gasteiger partial charge >= 0.3 is 0 Å². The van der Waals surface area contributed by atoms with E-state index in [1.165, 1.54) is 24.0 Å². The van der Waals surface area contributed by atoms with Crippen molar-refractivity contribution in [1.29, 1.82) is 0 Å². The number of hydrogen-bond donors (Lipinski definition) is 1. The molecule has 2 rings (SSSR count). The van der Waals surface area contributed by atoms with Crippen molar-refractivity contribution in [1.82, 2.24) is 0 Å². The highest BCUT2D eigenvalue weighted by Crippen LogP contribution is 2.29. The third-order valence-electron chi connectivity index (χ3n) is 3.38. The highest BCUT2D eigenvalue weighted by atomic mass is 16.3. The first-order valence-electron chi connectivity index (χ1n) is 6.27. The van der Waals surface area contributed by atoms with Gasteiger partial charge in [0.15, 0.2) is 0 Å². The number of allylic oxidation sites excluding steroid dienone is 1. The Hall–Kier alpha value is -1.08. The van der Waals surface area contributed by atoms with Crippen LogP contribution in [-0.4, -0.2) is 5.11 Å². The molecule has 1 aliphatic carbocycles. The van der Waals surface area contributed by atoms with Gasteiger partial charge in [0.25, 0.3) is 0 Å². The van der Waals surface area contributed by atoms with Crippen LogP contribution >= 0.6 is 0 Å². The molecule has 0 aliphatic heterocycles. The summed E-state index contributed by atoms with van der Waals surface area (Å²) in [7, 11) is 0. The van der Waals surface area contributed by atoms with E-state index >= 15 is 0 Å². The van der Waals surface area contributed by atoms with E-state index in [1.807, 2.05) is 0 Å². The van der Waals surface area contributed by atoms with Gasteiger partial charge in [0.1, 0.15) is 6.10 Å². The standard InChI is InChI=1S/C15H20O/c1-2-12-8-10-14(11-9-12)15(16)13-6-4-3-5-7-13/h6,8-11,15-16H,2-5,7H2,1H3. The molecule has 1 unspecified atom stereocenters. The number of rotatable bonds is 3. The van der Waals surface area contributed by atoms with Gasteiger partial charge in [0.05, 0.1) is 0 Å². The van der Waals surface area contributed by atoms with Gasteiger partial charge in [-0.2, -0.15) is 0 Å². The fourth-order valence-corrected chi connectivity index (χ4v) is 2.26. The van der Waals surface area contributed by atoms with E-state index in [2.05, 4.69) is 37.3 Å². The molecule has 0 aromatic heterocycles. The van der Waals surface area contributed by atoms with Gasteiger partial charge in [-0.1, -0.05) is 37.3 Å². The molecule has 0 fully saturated rings. The second-order valence-corrected chi connectivity index (χ2v) is 4.52. The summed E-state index contributed by atoms with van der Waals surface area (Å²) in [6, 6.07) is 8.34. The molecule has 1 heteroatoms. The quantitative estimate of drug-likeness (QED) is 0.762. The van der Waals surface area contributed by atoms with Crippen LogP contribution < -0.4 is 0 Å². The molecule has 1 atom stereocenters. The van der Waals surface area contributed by atoms with Crippen molar-refractivity contribution < 1.29 is 5.11 Å². The SMILES string of the molecule is CCc1ccc(C(O)C2=CCCCC2)cc1. The van der Waals surface area contributed by atoms with Crippen LogP contribution in [0.1, 0.15) is 49.8 Å². The Kier molecular flexibility index (Phi) is 3.79. The lowest BCUT2D eigenvalue weighted by Gasteiger charge is -2.19. The van der Waals surface area contributed by atoms with Gasteiger partial charge in [0.2, 0.25) is 0 Å². The minimum atomic E-state index is -0.383. The Morgan fingerprint density at radius 2 is 1.94 bits per heavy atom. The summed E-state index contributed by atoms with van der Waals surface area (Å²) in [6.07, 6.45) is 7.55. The van der Waals surface area contributed by atoms with E-state index in [-0.39, 0.29) is 6.10 Å². The number of benzene rings is 1. The van der Waals surface area contributed by atoms with E-state index in [1.54, 1.807) is 0 Å². The summed E-state index contributed by atoms with van der Waals surface area (Å²) in [5, 5.41) is 10.2. The monoisotopic (exact) mass is 216 g/mol. The van der Waals surface area contributed by atoms with Crippen molar-refractivity contribution in [3.8, 4) is 0 Å². The second-order valence-electron chi connectivity index (χ2n) is 4.52. The van der Waals surface area contributed by atoms with Crippen LogP contribution in [0.5, 0.6) is 0 Å². The molecule has 0 saturated heterocycles. The van der Waals surface area contributed by atoms with Gasteiger partial charge < -0.3 is 5.11 Å². The van der Waals surface area contributed by atoms with E-state index < -0.39 is 0 Å². The first-order valence-corrected chi connectivity index (χ1v) is 6.27. The first kappa shape index (κ1) is 11.4. The van der Waals surface area contributed by atoms with Crippen LogP contribution in [0, 0.1) is 0 Å². The zero-order chi connectivity index (χ0) is 11.4. The number of hydrogen-bond acceptors (Lipinski definition) is 1. The van der Waals surface area contributed by atoms with Crippen LogP contribution in [0.2, 0.25) is 0 Å². The van der Waals surface area contributed by atoms with Crippen LogP contribution in [0.3, 0.4) is 0 Å². The lowest BCUT2D eigenvalue weighted by Crippen LogP contribution is -2.04.